The molecule has 0 N–H and O–H groups in total. The molecule has 6 aromatic rings. The summed E-state index contributed by atoms with van der Waals surface area (Å²) in [5.41, 5.74) is 6.26. The molecule has 0 saturated carbocycles. The highest BCUT2D eigenvalue weighted by atomic mass is 16.7. The maximum atomic E-state index is 14.3. The number of fused-ring (bicyclic) bond motifs is 3. The molecule has 0 bridgehead atoms. The van der Waals surface area contributed by atoms with Crippen molar-refractivity contribution in [3.05, 3.63) is 185 Å². The lowest BCUT2D eigenvalue weighted by molar-refractivity contribution is -0.341. The minimum atomic E-state index is -1.08. The Balaban J connectivity index is 1.07. The molecule has 3 aliphatic heterocycles. The molecule has 3 heterocycles. The molecule has 0 aromatic heterocycles. The van der Waals surface area contributed by atoms with Crippen LogP contribution in [0.5, 0.6) is 28.7 Å². The van der Waals surface area contributed by atoms with Crippen LogP contribution in [0.15, 0.2) is 146 Å². The molecule has 0 amide bonds. The molecule has 0 radical (unpaired) electrons. The highest BCUT2D eigenvalue weighted by Crippen LogP contribution is 2.57. The lowest BCUT2D eigenvalue weighted by Gasteiger charge is -2.48. The van der Waals surface area contributed by atoms with Gasteiger partial charge in [-0.05, 0) is 63.2 Å². The lowest BCUT2D eigenvalue weighted by Crippen LogP contribution is -2.62. The van der Waals surface area contributed by atoms with Crippen molar-refractivity contribution < 1.29 is 61.6 Å². The summed E-state index contributed by atoms with van der Waals surface area (Å²) in [5.74, 6) is 0.376. The van der Waals surface area contributed by atoms with Crippen LogP contribution in [-0.4, -0.2) is 78.0 Å². The van der Waals surface area contributed by atoms with Gasteiger partial charge in [-0.15, -0.1) is 0 Å². The molecule has 13 heteroatoms. The summed E-state index contributed by atoms with van der Waals surface area (Å²) in [5, 5.41) is 0. The Morgan fingerprint density at radius 1 is 0.551 bits per heavy atom. The van der Waals surface area contributed by atoms with Gasteiger partial charge in [-0.2, -0.15) is 0 Å². The van der Waals surface area contributed by atoms with Crippen LogP contribution in [0.4, 0.5) is 0 Å². The molecular weight excluding hydrogens is 881 g/mol. The third kappa shape index (κ3) is 10.0. The molecule has 9 atom stereocenters. The number of ether oxygens (including phenoxy) is 12. The van der Waals surface area contributed by atoms with E-state index in [0.29, 0.717) is 35.4 Å². The molecule has 10 rings (SSSR count). The van der Waals surface area contributed by atoms with Crippen molar-refractivity contribution in [2.75, 3.05) is 41.3 Å². The number of hydrogen-bond donors (Lipinski definition) is 0. The second-order valence-electron chi connectivity index (χ2n) is 17.5. The van der Waals surface area contributed by atoms with E-state index in [2.05, 4.69) is 0 Å². The first-order chi connectivity index (χ1) is 34.0. The average molecular weight is 937 g/mol. The molecule has 69 heavy (non-hydrogen) atoms. The van der Waals surface area contributed by atoms with E-state index in [4.69, 9.17) is 56.8 Å². The molecule has 0 spiro atoms. The summed E-state index contributed by atoms with van der Waals surface area (Å²) in [6.07, 6.45) is -4.84. The number of cyclic esters (lactones) is 1. The van der Waals surface area contributed by atoms with Crippen molar-refractivity contribution in [1.82, 2.24) is 0 Å². The number of esters is 1. The maximum absolute atomic E-state index is 14.3. The van der Waals surface area contributed by atoms with Crippen LogP contribution in [0.1, 0.15) is 51.0 Å². The number of hydrogen-bond acceptors (Lipinski definition) is 13. The van der Waals surface area contributed by atoms with Gasteiger partial charge in [-0.3, -0.25) is 4.79 Å². The SMILES string of the molecule is COc1cc([C@@H]2c3cc4c(cc3C(O[C@H]3O[C@H](COCc5ccccc5)[C@@H](OCc5ccccc5)[C@H](OCc5ccccc5)[C@H]3OCc3ccccc3)[C@H]3COC(=O)[C@H]23)OCO4)cc(OC)c1OC. The second-order valence-corrected chi connectivity index (χ2v) is 17.5. The lowest BCUT2D eigenvalue weighted by atomic mass is 9.66. The van der Waals surface area contributed by atoms with Gasteiger partial charge in [0, 0.05) is 11.8 Å². The van der Waals surface area contributed by atoms with E-state index in [9.17, 15) is 4.79 Å². The van der Waals surface area contributed by atoms with Crippen LogP contribution >= 0.6 is 0 Å². The van der Waals surface area contributed by atoms with E-state index < -0.39 is 54.6 Å². The normalized spacial score (nSPS) is 24.5. The standard InChI is InChI=1S/C56H56O13/c1-58-45-24-39(25-46(59-2)51(45)60-3)48-40-26-43-44(67-34-66-43)27-41(40)50(42-32-65-55(57)49(42)48)69-56-54(64-31-38-22-14-7-15-23-38)53(63-30-37-20-12-6-13-21-37)52(62-29-36-18-10-5-11-19-36)47(68-56)33-61-28-35-16-8-4-9-17-35/h4-27,42,47-50,52-54,56H,28-34H2,1-3H3/t42-,47+,48+,49-,50?,52+,53-,54+,56+/m0/s1. The minimum absolute atomic E-state index is 0.0457. The fourth-order valence-electron chi connectivity index (χ4n) is 9.97. The number of carbonyl (C=O) groups excluding carboxylic acids is 1. The smallest absolute Gasteiger partial charge is 0.310 e. The summed E-state index contributed by atoms with van der Waals surface area (Å²) in [6.45, 7) is 1.37. The van der Waals surface area contributed by atoms with Gasteiger partial charge < -0.3 is 56.8 Å². The van der Waals surface area contributed by atoms with Crippen molar-refractivity contribution in [3.8, 4) is 28.7 Å². The molecule has 4 aliphatic rings. The van der Waals surface area contributed by atoms with E-state index in [1.807, 2.05) is 146 Å². The fraction of sp³-hybridized carbons (Fsp3) is 0.339. The van der Waals surface area contributed by atoms with Crippen LogP contribution in [0.3, 0.4) is 0 Å². The largest absolute Gasteiger partial charge is 0.493 e. The monoisotopic (exact) mass is 936 g/mol. The van der Waals surface area contributed by atoms with E-state index in [-0.39, 0.29) is 45.8 Å². The van der Waals surface area contributed by atoms with Crippen LogP contribution < -0.4 is 23.7 Å². The quantitative estimate of drug-likeness (QED) is 0.0718. The molecule has 13 nitrogen and oxygen atoms in total. The third-order valence-corrected chi connectivity index (χ3v) is 13.3. The molecular formula is C56H56O13. The van der Waals surface area contributed by atoms with Gasteiger partial charge in [0.15, 0.2) is 29.3 Å². The number of rotatable bonds is 19. The van der Waals surface area contributed by atoms with E-state index in [1.165, 1.54) is 0 Å². The zero-order valence-corrected chi connectivity index (χ0v) is 38.8. The summed E-state index contributed by atoms with van der Waals surface area (Å²) >= 11 is 0. The van der Waals surface area contributed by atoms with Gasteiger partial charge in [0.25, 0.3) is 0 Å². The molecule has 6 aromatic carbocycles. The zero-order valence-electron chi connectivity index (χ0n) is 38.8. The Hall–Kier alpha value is -6.45. The highest BCUT2D eigenvalue weighted by molar-refractivity contribution is 5.79. The summed E-state index contributed by atoms with van der Waals surface area (Å²) < 4.78 is 77.4. The Labute approximate surface area is 402 Å². The Morgan fingerprint density at radius 3 is 1.59 bits per heavy atom. The highest BCUT2D eigenvalue weighted by Gasteiger charge is 2.56. The molecule has 2 saturated heterocycles. The predicted octanol–water partition coefficient (Wildman–Crippen LogP) is 9.13. The van der Waals surface area contributed by atoms with Crippen molar-refractivity contribution >= 4 is 5.97 Å². The van der Waals surface area contributed by atoms with Crippen LogP contribution in [-0.2, 0) is 64.4 Å². The zero-order chi connectivity index (χ0) is 47.1. The first kappa shape index (κ1) is 46.3. The van der Waals surface area contributed by atoms with Gasteiger partial charge in [-0.1, -0.05) is 121 Å². The van der Waals surface area contributed by atoms with Crippen molar-refractivity contribution in [2.45, 2.75) is 69.2 Å². The third-order valence-electron chi connectivity index (χ3n) is 13.3. The average Bonchev–Trinajstić information content (AvgIpc) is 4.03. The molecule has 358 valence electrons. The first-order valence-corrected chi connectivity index (χ1v) is 23.3. The van der Waals surface area contributed by atoms with Gasteiger partial charge in [0.1, 0.15) is 24.4 Å². The minimum Gasteiger partial charge on any atom is -0.493 e. The van der Waals surface area contributed by atoms with Gasteiger partial charge in [0.05, 0.1) is 73.0 Å². The fourth-order valence-corrected chi connectivity index (χ4v) is 9.97. The van der Waals surface area contributed by atoms with Crippen LogP contribution in [0.2, 0.25) is 0 Å². The number of benzene rings is 6. The predicted molar refractivity (Wildman–Crippen MR) is 252 cm³/mol. The molecule has 2 fully saturated rings. The Bertz CT molecular complexity index is 2610. The van der Waals surface area contributed by atoms with Gasteiger partial charge in [-0.25, -0.2) is 0 Å². The van der Waals surface area contributed by atoms with E-state index in [0.717, 1.165) is 38.9 Å². The summed E-state index contributed by atoms with van der Waals surface area (Å²) in [6, 6.07) is 47.6. The number of carbonyl (C=O) groups is 1. The van der Waals surface area contributed by atoms with Gasteiger partial charge in [0.2, 0.25) is 12.5 Å². The van der Waals surface area contributed by atoms with Crippen molar-refractivity contribution in [1.29, 1.82) is 0 Å². The van der Waals surface area contributed by atoms with Gasteiger partial charge >= 0.3 is 5.97 Å². The van der Waals surface area contributed by atoms with Crippen LogP contribution in [0, 0.1) is 11.8 Å². The first-order valence-electron chi connectivity index (χ1n) is 23.3. The number of methoxy groups -OCH3 is 3. The second kappa shape index (κ2) is 21.5. The molecule has 1 unspecified atom stereocenters. The summed E-state index contributed by atoms with van der Waals surface area (Å²) in [7, 11) is 4.69. The van der Waals surface area contributed by atoms with E-state index in [1.54, 1.807) is 21.3 Å². The molecule has 1 aliphatic carbocycles. The summed E-state index contributed by atoms with van der Waals surface area (Å²) in [4.78, 5) is 14.3. The topological polar surface area (TPSA) is 128 Å². The Kier molecular flexibility index (Phi) is 14.4. The van der Waals surface area contributed by atoms with Crippen molar-refractivity contribution in [2.24, 2.45) is 11.8 Å². The Morgan fingerprint density at radius 2 is 1.06 bits per heavy atom. The van der Waals surface area contributed by atoms with Crippen LogP contribution in [0.25, 0.3) is 0 Å². The van der Waals surface area contributed by atoms with E-state index >= 15 is 0 Å². The maximum Gasteiger partial charge on any atom is 0.310 e. The van der Waals surface area contributed by atoms with Crippen molar-refractivity contribution in [3.63, 3.8) is 0 Å².